The Morgan fingerprint density at radius 1 is 1.53 bits per heavy atom. The summed E-state index contributed by atoms with van der Waals surface area (Å²) in [6.07, 6.45) is 0.804. The molecule has 2 atom stereocenters. The van der Waals surface area contributed by atoms with Crippen molar-refractivity contribution in [1.82, 2.24) is 9.78 Å². The van der Waals surface area contributed by atoms with Crippen molar-refractivity contribution < 1.29 is 14.1 Å². The standard InChI is InChI=1S/C12H19BrN2O3S/c1-4-9-11(13)10(15(5-2)14-9)7-19(18)6-8(3)12(16)17/h8H,4-7H2,1-3H3,(H,16,17). The van der Waals surface area contributed by atoms with E-state index in [0.717, 1.165) is 22.3 Å². The molecule has 1 aromatic rings. The van der Waals surface area contributed by atoms with Crippen molar-refractivity contribution in [1.29, 1.82) is 0 Å². The maximum absolute atomic E-state index is 12.0. The lowest BCUT2D eigenvalue weighted by atomic mass is 10.2. The fourth-order valence-corrected chi connectivity index (χ4v) is 4.02. The Balaban J connectivity index is 2.84. The third-order valence-electron chi connectivity index (χ3n) is 2.85. The third-order valence-corrected chi connectivity index (χ3v) is 5.23. The highest BCUT2D eigenvalue weighted by atomic mass is 79.9. The van der Waals surface area contributed by atoms with Gasteiger partial charge < -0.3 is 5.11 Å². The molecule has 0 radical (unpaired) electrons. The van der Waals surface area contributed by atoms with Crippen molar-refractivity contribution >= 4 is 32.7 Å². The number of halogens is 1. The van der Waals surface area contributed by atoms with Crippen LogP contribution in [0.15, 0.2) is 4.47 Å². The Kier molecular flexibility index (Phi) is 6.19. The molecule has 0 saturated carbocycles. The number of carboxylic acid groups (broad SMARTS) is 1. The Morgan fingerprint density at radius 3 is 2.63 bits per heavy atom. The van der Waals surface area contributed by atoms with Crippen LogP contribution in [0.4, 0.5) is 0 Å². The van der Waals surface area contributed by atoms with Gasteiger partial charge in [0.25, 0.3) is 0 Å². The molecule has 1 N–H and O–H groups in total. The lowest BCUT2D eigenvalue weighted by Crippen LogP contribution is -2.19. The first kappa shape index (κ1) is 16.4. The SMILES string of the molecule is CCc1nn(CC)c(CS(=O)CC(C)C(=O)O)c1Br. The fourth-order valence-electron chi connectivity index (χ4n) is 1.72. The van der Waals surface area contributed by atoms with Gasteiger partial charge in [0.15, 0.2) is 0 Å². The molecule has 0 amide bonds. The molecule has 0 saturated heterocycles. The van der Waals surface area contributed by atoms with Crippen LogP contribution in [0.3, 0.4) is 0 Å². The van der Waals surface area contributed by atoms with Crippen LogP contribution in [0.1, 0.15) is 32.2 Å². The maximum atomic E-state index is 12.0. The quantitative estimate of drug-likeness (QED) is 0.817. The van der Waals surface area contributed by atoms with E-state index >= 15 is 0 Å². The molecular formula is C12H19BrN2O3S. The van der Waals surface area contributed by atoms with E-state index < -0.39 is 22.7 Å². The summed E-state index contributed by atoms with van der Waals surface area (Å²) in [5.74, 6) is -1.01. The largest absolute Gasteiger partial charge is 0.481 e. The van der Waals surface area contributed by atoms with Gasteiger partial charge in [0.1, 0.15) is 0 Å². The fraction of sp³-hybridized carbons (Fsp3) is 0.667. The van der Waals surface area contributed by atoms with Crippen molar-refractivity contribution in [2.24, 2.45) is 5.92 Å². The van der Waals surface area contributed by atoms with E-state index in [1.807, 2.05) is 18.5 Å². The molecule has 1 rings (SSSR count). The summed E-state index contributed by atoms with van der Waals surface area (Å²) in [6, 6.07) is 0. The highest BCUT2D eigenvalue weighted by Gasteiger charge is 2.19. The van der Waals surface area contributed by atoms with E-state index in [1.54, 1.807) is 6.92 Å². The van der Waals surface area contributed by atoms with Crippen molar-refractivity contribution in [2.75, 3.05) is 5.75 Å². The number of aromatic nitrogens is 2. The van der Waals surface area contributed by atoms with E-state index in [-0.39, 0.29) is 5.75 Å². The van der Waals surface area contributed by atoms with Gasteiger partial charge in [-0.1, -0.05) is 13.8 Å². The molecule has 0 aliphatic rings. The highest BCUT2D eigenvalue weighted by molar-refractivity contribution is 9.10. The van der Waals surface area contributed by atoms with Crippen LogP contribution in [-0.2, 0) is 34.3 Å². The number of carbonyl (C=O) groups is 1. The lowest BCUT2D eigenvalue weighted by Gasteiger charge is -2.08. The Morgan fingerprint density at radius 2 is 2.16 bits per heavy atom. The Hall–Kier alpha value is -0.690. The number of carboxylic acids is 1. The van der Waals surface area contributed by atoms with Gasteiger partial charge in [-0.2, -0.15) is 5.10 Å². The molecule has 2 unspecified atom stereocenters. The monoisotopic (exact) mass is 350 g/mol. The van der Waals surface area contributed by atoms with E-state index in [9.17, 15) is 9.00 Å². The molecule has 0 fully saturated rings. The normalized spacial score (nSPS) is 14.3. The second kappa shape index (κ2) is 7.19. The molecule has 0 aliphatic heterocycles. The van der Waals surface area contributed by atoms with Crippen molar-refractivity contribution in [2.45, 2.75) is 39.5 Å². The molecule has 0 aromatic carbocycles. The summed E-state index contributed by atoms with van der Waals surface area (Å²) in [6.45, 7) is 6.27. The summed E-state index contributed by atoms with van der Waals surface area (Å²) in [4.78, 5) is 10.8. The maximum Gasteiger partial charge on any atom is 0.307 e. The summed E-state index contributed by atoms with van der Waals surface area (Å²) >= 11 is 3.49. The van der Waals surface area contributed by atoms with Crippen LogP contribution in [0.25, 0.3) is 0 Å². The Bertz CT molecular complexity index is 488. The zero-order valence-electron chi connectivity index (χ0n) is 11.4. The summed E-state index contributed by atoms with van der Waals surface area (Å²) in [7, 11) is -1.20. The zero-order chi connectivity index (χ0) is 14.6. The summed E-state index contributed by atoms with van der Waals surface area (Å²) in [5.41, 5.74) is 1.83. The molecule has 1 aromatic heterocycles. The summed E-state index contributed by atoms with van der Waals surface area (Å²) in [5, 5.41) is 13.3. The first-order valence-electron chi connectivity index (χ1n) is 6.22. The van der Waals surface area contributed by atoms with Crippen LogP contribution in [0.5, 0.6) is 0 Å². The predicted octanol–water partition coefficient (Wildman–Crippen LogP) is 2.20. The smallest absolute Gasteiger partial charge is 0.307 e. The number of hydrogen-bond acceptors (Lipinski definition) is 3. The van der Waals surface area contributed by atoms with Crippen molar-refractivity contribution in [3.8, 4) is 0 Å². The van der Waals surface area contributed by atoms with Gasteiger partial charge in [0.05, 0.1) is 27.5 Å². The first-order valence-corrected chi connectivity index (χ1v) is 8.50. The molecule has 7 heteroatoms. The molecule has 19 heavy (non-hydrogen) atoms. The number of rotatable bonds is 7. The molecule has 0 bridgehead atoms. The van der Waals surface area contributed by atoms with Gasteiger partial charge in [-0.25, -0.2) is 0 Å². The van der Waals surface area contributed by atoms with Gasteiger partial charge in [-0.05, 0) is 29.3 Å². The van der Waals surface area contributed by atoms with Gasteiger partial charge in [-0.15, -0.1) is 0 Å². The van der Waals surface area contributed by atoms with E-state index in [1.165, 1.54) is 0 Å². The average molecular weight is 351 g/mol. The zero-order valence-corrected chi connectivity index (χ0v) is 13.8. The Labute approximate surface area is 124 Å². The first-order chi connectivity index (χ1) is 8.90. The molecule has 5 nitrogen and oxygen atoms in total. The minimum Gasteiger partial charge on any atom is -0.481 e. The average Bonchev–Trinajstić information content (AvgIpc) is 2.66. The minimum absolute atomic E-state index is 0.165. The number of aryl methyl sites for hydroxylation is 2. The predicted molar refractivity (Wildman–Crippen MR) is 78.5 cm³/mol. The lowest BCUT2D eigenvalue weighted by molar-refractivity contribution is -0.140. The topological polar surface area (TPSA) is 72.2 Å². The van der Waals surface area contributed by atoms with Gasteiger partial charge in [0.2, 0.25) is 0 Å². The van der Waals surface area contributed by atoms with Crippen molar-refractivity contribution in [3.05, 3.63) is 15.9 Å². The van der Waals surface area contributed by atoms with Crippen LogP contribution in [0, 0.1) is 5.92 Å². The minimum atomic E-state index is -1.20. The number of hydrogen-bond donors (Lipinski definition) is 1. The highest BCUT2D eigenvalue weighted by Crippen LogP contribution is 2.24. The second-order valence-electron chi connectivity index (χ2n) is 4.37. The number of nitrogens with zero attached hydrogens (tertiary/aromatic N) is 2. The third kappa shape index (κ3) is 4.14. The van der Waals surface area contributed by atoms with Crippen LogP contribution < -0.4 is 0 Å². The van der Waals surface area contributed by atoms with Crippen LogP contribution >= 0.6 is 15.9 Å². The molecule has 1 heterocycles. The van der Waals surface area contributed by atoms with Crippen LogP contribution in [-0.4, -0.2) is 30.8 Å². The van der Waals surface area contributed by atoms with Gasteiger partial charge in [0, 0.05) is 23.1 Å². The van der Waals surface area contributed by atoms with E-state index in [2.05, 4.69) is 21.0 Å². The number of aliphatic carboxylic acids is 1. The van der Waals surface area contributed by atoms with E-state index in [0.29, 0.717) is 12.3 Å². The van der Waals surface area contributed by atoms with Crippen molar-refractivity contribution in [3.63, 3.8) is 0 Å². The van der Waals surface area contributed by atoms with Gasteiger partial charge >= 0.3 is 5.97 Å². The summed E-state index contributed by atoms with van der Waals surface area (Å²) < 4.78 is 14.8. The second-order valence-corrected chi connectivity index (χ2v) is 6.66. The van der Waals surface area contributed by atoms with Crippen LogP contribution in [0.2, 0.25) is 0 Å². The molecule has 0 spiro atoms. The molecular weight excluding hydrogens is 332 g/mol. The van der Waals surface area contributed by atoms with Gasteiger partial charge in [-0.3, -0.25) is 13.7 Å². The molecule has 0 aliphatic carbocycles. The molecule has 108 valence electrons. The van der Waals surface area contributed by atoms with E-state index in [4.69, 9.17) is 5.11 Å².